The molecule has 0 unspecified atom stereocenters. The van der Waals surface area contributed by atoms with Crippen LogP contribution in [0, 0.1) is 0 Å². The highest BCUT2D eigenvalue weighted by Crippen LogP contribution is 2.25. The predicted molar refractivity (Wildman–Crippen MR) is 117 cm³/mol. The molecule has 1 aliphatic rings. The first-order valence-electron chi connectivity index (χ1n) is 10.3. The molecule has 1 amide bonds. The lowest BCUT2D eigenvalue weighted by atomic mass is 10.1. The smallest absolute Gasteiger partial charge is 0.274 e. The molecule has 1 N–H and O–H groups in total. The average molecular weight is 428 g/mol. The number of rotatable bonds is 7. The van der Waals surface area contributed by atoms with Gasteiger partial charge in [0.15, 0.2) is 0 Å². The Balaban J connectivity index is 1.45. The van der Waals surface area contributed by atoms with Gasteiger partial charge in [-0.1, -0.05) is 23.5 Å². The molecule has 1 fully saturated rings. The zero-order valence-corrected chi connectivity index (χ0v) is 17.8. The number of nitrogens with zero attached hydrogens (tertiary/aromatic N) is 4. The van der Waals surface area contributed by atoms with E-state index in [1.54, 1.807) is 0 Å². The van der Waals surface area contributed by atoms with Gasteiger partial charge in [0.2, 0.25) is 10.1 Å². The number of aromatic nitrogens is 3. The summed E-state index contributed by atoms with van der Waals surface area (Å²) in [6.07, 6.45) is 4.15. The number of carbonyl (C=O) groups excluding carboxylic acids is 1. The van der Waals surface area contributed by atoms with Crippen LogP contribution < -0.4 is 20.5 Å². The number of hydrogen-bond acceptors (Lipinski definition) is 7. The van der Waals surface area contributed by atoms with E-state index < -0.39 is 5.56 Å². The van der Waals surface area contributed by atoms with Crippen LogP contribution in [0.25, 0.3) is 4.96 Å². The summed E-state index contributed by atoms with van der Waals surface area (Å²) in [5, 5.41) is 8.27. The normalized spacial score (nSPS) is 14.1. The van der Waals surface area contributed by atoms with E-state index in [1.807, 2.05) is 31.2 Å². The quantitative estimate of drug-likeness (QED) is 0.623. The van der Waals surface area contributed by atoms with Gasteiger partial charge >= 0.3 is 0 Å². The molecule has 1 aromatic carbocycles. The Hall–Kier alpha value is -2.94. The van der Waals surface area contributed by atoms with Gasteiger partial charge in [0.1, 0.15) is 11.4 Å². The van der Waals surface area contributed by atoms with E-state index in [9.17, 15) is 9.59 Å². The Morgan fingerprint density at radius 3 is 2.70 bits per heavy atom. The lowest BCUT2D eigenvalue weighted by molar-refractivity contribution is 0.0946. The van der Waals surface area contributed by atoms with Crippen LogP contribution in [0.2, 0.25) is 0 Å². The molecule has 0 radical (unpaired) electrons. The molecule has 4 rings (SSSR count). The Morgan fingerprint density at radius 1 is 1.20 bits per heavy atom. The van der Waals surface area contributed by atoms with E-state index in [-0.39, 0.29) is 11.6 Å². The second-order valence-electron chi connectivity index (χ2n) is 7.19. The first-order chi connectivity index (χ1) is 14.6. The van der Waals surface area contributed by atoms with E-state index >= 15 is 0 Å². The monoisotopic (exact) mass is 427 g/mol. The summed E-state index contributed by atoms with van der Waals surface area (Å²) >= 11 is 1.35. The Kier molecular flexibility index (Phi) is 6.27. The number of amides is 1. The van der Waals surface area contributed by atoms with Crippen molar-refractivity contribution in [1.82, 2.24) is 19.9 Å². The van der Waals surface area contributed by atoms with Gasteiger partial charge in [0, 0.05) is 25.7 Å². The molecule has 3 heterocycles. The largest absolute Gasteiger partial charge is 0.494 e. The van der Waals surface area contributed by atoms with Crippen LogP contribution >= 0.6 is 11.3 Å². The predicted octanol–water partition coefficient (Wildman–Crippen LogP) is 2.51. The van der Waals surface area contributed by atoms with Gasteiger partial charge in [-0.3, -0.25) is 9.59 Å². The summed E-state index contributed by atoms with van der Waals surface area (Å²) in [5.41, 5.74) is 0.883. The maximum atomic E-state index is 12.8. The van der Waals surface area contributed by atoms with Crippen molar-refractivity contribution in [2.24, 2.45) is 0 Å². The number of nitrogens with one attached hydrogen (secondary N) is 1. The average Bonchev–Trinajstić information content (AvgIpc) is 3.19. The summed E-state index contributed by atoms with van der Waals surface area (Å²) in [6.45, 7) is 4.91. The van der Waals surface area contributed by atoms with Gasteiger partial charge in [-0.15, -0.1) is 5.10 Å². The maximum Gasteiger partial charge on any atom is 0.274 e. The summed E-state index contributed by atoms with van der Waals surface area (Å²) in [6, 6.07) is 9.06. The van der Waals surface area contributed by atoms with Crippen LogP contribution in [-0.2, 0) is 6.42 Å². The number of carbonyl (C=O) groups is 1. The first kappa shape index (κ1) is 20.3. The van der Waals surface area contributed by atoms with Crippen molar-refractivity contribution in [3.8, 4) is 5.75 Å². The number of piperidine rings is 1. The molecule has 0 saturated carbocycles. The van der Waals surface area contributed by atoms with Crippen LogP contribution in [0.4, 0.5) is 5.13 Å². The highest BCUT2D eigenvalue weighted by Gasteiger charge is 2.19. The van der Waals surface area contributed by atoms with Gasteiger partial charge in [0.25, 0.3) is 11.5 Å². The van der Waals surface area contributed by atoms with Crippen LogP contribution in [0.15, 0.2) is 35.1 Å². The highest BCUT2D eigenvalue weighted by atomic mass is 32.1. The van der Waals surface area contributed by atoms with Gasteiger partial charge in [-0.25, -0.2) is 0 Å². The number of benzene rings is 1. The van der Waals surface area contributed by atoms with Crippen LogP contribution in [0.5, 0.6) is 5.75 Å². The van der Waals surface area contributed by atoms with Crippen LogP contribution in [0.1, 0.15) is 42.2 Å². The fourth-order valence-electron chi connectivity index (χ4n) is 3.51. The van der Waals surface area contributed by atoms with E-state index in [1.165, 1.54) is 28.3 Å². The molecular formula is C21H25N5O3S. The number of ether oxygens (including phenoxy) is 1. The third kappa shape index (κ3) is 4.62. The molecule has 0 atom stereocenters. The lowest BCUT2D eigenvalue weighted by Gasteiger charge is -2.25. The third-order valence-corrected chi connectivity index (χ3v) is 6.01. The second-order valence-corrected chi connectivity index (χ2v) is 8.12. The third-order valence-electron chi connectivity index (χ3n) is 5.04. The topological polar surface area (TPSA) is 88.8 Å². The fourth-order valence-corrected chi connectivity index (χ4v) is 4.47. The minimum absolute atomic E-state index is 0.219. The molecule has 30 heavy (non-hydrogen) atoms. The zero-order valence-electron chi connectivity index (χ0n) is 17.0. The van der Waals surface area contributed by atoms with Gasteiger partial charge in [-0.05, 0) is 50.3 Å². The number of hydrogen-bond donors (Lipinski definition) is 1. The van der Waals surface area contributed by atoms with E-state index in [0.29, 0.717) is 24.5 Å². The standard InChI is InChI=1S/C21H25N5O3S/c1-2-29-16-8-6-15(7-9-16)10-11-22-19(28)17-14-18(27)23-20-26(17)24-21(30-20)25-12-4-3-5-13-25/h6-9,14H,2-5,10-13H2,1H3,(H,22,28). The zero-order chi connectivity index (χ0) is 20.9. The van der Waals surface area contributed by atoms with E-state index in [4.69, 9.17) is 4.74 Å². The first-order valence-corrected chi connectivity index (χ1v) is 11.1. The Labute approximate surface area is 178 Å². The van der Waals surface area contributed by atoms with Gasteiger partial charge in [-0.2, -0.15) is 9.50 Å². The molecule has 2 aromatic heterocycles. The Bertz CT molecular complexity index is 1070. The summed E-state index contributed by atoms with van der Waals surface area (Å²) < 4.78 is 6.93. The highest BCUT2D eigenvalue weighted by molar-refractivity contribution is 7.20. The molecule has 158 valence electrons. The molecule has 0 bridgehead atoms. The molecule has 8 nitrogen and oxygen atoms in total. The number of anilines is 1. The molecule has 3 aromatic rings. The van der Waals surface area contributed by atoms with Crippen molar-refractivity contribution in [1.29, 1.82) is 0 Å². The summed E-state index contributed by atoms with van der Waals surface area (Å²) in [7, 11) is 0. The summed E-state index contributed by atoms with van der Waals surface area (Å²) in [4.78, 5) is 31.5. The Morgan fingerprint density at radius 2 is 1.97 bits per heavy atom. The minimum Gasteiger partial charge on any atom is -0.494 e. The number of fused-ring (bicyclic) bond motifs is 1. The summed E-state index contributed by atoms with van der Waals surface area (Å²) in [5.74, 6) is 0.503. The lowest BCUT2D eigenvalue weighted by Crippen LogP contribution is -2.30. The van der Waals surface area contributed by atoms with E-state index in [0.717, 1.165) is 42.4 Å². The maximum absolute atomic E-state index is 12.8. The van der Waals surface area contributed by atoms with Crippen LogP contribution in [-0.4, -0.2) is 46.7 Å². The van der Waals surface area contributed by atoms with Crippen molar-refractivity contribution >= 4 is 27.3 Å². The SMILES string of the molecule is CCOc1ccc(CCNC(=O)c2cc(=O)nc3sc(N4CCCCC4)nn23)cc1. The molecule has 0 aliphatic carbocycles. The fraction of sp³-hybridized carbons (Fsp3) is 0.429. The van der Waals surface area contributed by atoms with Crippen molar-refractivity contribution in [2.75, 3.05) is 31.1 Å². The van der Waals surface area contributed by atoms with Crippen molar-refractivity contribution in [3.05, 3.63) is 51.9 Å². The van der Waals surface area contributed by atoms with Crippen molar-refractivity contribution in [3.63, 3.8) is 0 Å². The van der Waals surface area contributed by atoms with E-state index in [2.05, 4.69) is 20.3 Å². The molecule has 0 spiro atoms. The van der Waals surface area contributed by atoms with Crippen molar-refractivity contribution < 1.29 is 9.53 Å². The molecule has 1 saturated heterocycles. The van der Waals surface area contributed by atoms with Crippen LogP contribution in [0.3, 0.4) is 0 Å². The van der Waals surface area contributed by atoms with Gasteiger partial charge in [0.05, 0.1) is 6.61 Å². The van der Waals surface area contributed by atoms with Crippen molar-refractivity contribution in [2.45, 2.75) is 32.6 Å². The second kappa shape index (κ2) is 9.25. The molecular weight excluding hydrogens is 402 g/mol. The molecule has 1 aliphatic heterocycles. The minimum atomic E-state index is -0.430. The van der Waals surface area contributed by atoms with Gasteiger partial charge < -0.3 is 15.0 Å². The molecule has 9 heteroatoms.